The summed E-state index contributed by atoms with van der Waals surface area (Å²) in [6.07, 6.45) is 0.0794. The summed E-state index contributed by atoms with van der Waals surface area (Å²) >= 11 is 5.92. The molecule has 0 spiro atoms. The third-order valence-corrected chi connectivity index (χ3v) is 5.02. The Morgan fingerprint density at radius 1 is 1.35 bits per heavy atom. The minimum Gasteiger partial charge on any atom is -0.324 e. The van der Waals surface area contributed by atoms with Crippen molar-refractivity contribution in [1.29, 1.82) is 0 Å². The highest BCUT2D eigenvalue weighted by Crippen LogP contribution is 2.56. The molecule has 1 atom stereocenters. The Kier molecular flexibility index (Phi) is 2.92. The van der Waals surface area contributed by atoms with E-state index in [9.17, 15) is 23.9 Å². The molecule has 7 nitrogen and oxygen atoms in total. The van der Waals surface area contributed by atoms with Crippen molar-refractivity contribution in [2.45, 2.75) is 18.6 Å². The third kappa shape index (κ3) is 1.94. The molecule has 1 aromatic carbocycles. The predicted octanol–water partition coefficient (Wildman–Crippen LogP) is 0.966. The van der Waals surface area contributed by atoms with Gasteiger partial charge in [0, 0.05) is 11.6 Å². The van der Waals surface area contributed by atoms with Crippen LogP contribution >= 0.6 is 19.2 Å². The first kappa shape index (κ1) is 13.6. The molecule has 20 heavy (non-hydrogen) atoms. The summed E-state index contributed by atoms with van der Waals surface area (Å²) in [7, 11) is -4.37. The van der Waals surface area contributed by atoms with E-state index in [1.807, 2.05) is 0 Å². The molecule has 1 aromatic heterocycles. The standard InChI is InChI=1S/C11H10ClN2O5P/c12-5-3-6-8(20(17,18)19)1-2-14-9(6)7(4-5)13-10(15)11(14)16/h3-4,8H,1-2H2,(H,13,15)(H2,17,18,19). The zero-order valence-electron chi connectivity index (χ0n) is 10.0. The smallest absolute Gasteiger partial charge is 0.324 e. The summed E-state index contributed by atoms with van der Waals surface area (Å²) in [6.45, 7) is 0.0870. The number of aryl methyl sites for hydroxylation is 1. The highest BCUT2D eigenvalue weighted by Gasteiger charge is 2.35. The second-order valence-electron chi connectivity index (χ2n) is 4.70. The first-order valence-electron chi connectivity index (χ1n) is 5.80. The van der Waals surface area contributed by atoms with Crippen LogP contribution in [0.2, 0.25) is 5.02 Å². The lowest BCUT2D eigenvalue weighted by Crippen LogP contribution is -2.38. The van der Waals surface area contributed by atoms with Crippen molar-refractivity contribution in [2.24, 2.45) is 0 Å². The van der Waals surface area contributed by atoms with E-state index in [-0.39, 0.29) is 18.0 Å². The molecule has 1 aliphatic rings. The molecule has 0 saturated carbocycles. The van der Waals surface area contributed by atoms with Gasteiger partial charge in [-0.05, 0) is 24.1 Å². The van der Waals surface area contributed by atoms with E-state index >= 15 is 0 Å². The molecule has 1 aliphatic heterocycles. The molecule has 2 heterocycles. The van der Waals surface area contributed by atoms with Gasteiger partial charge >= 0.3 is 18.7 Å². The Morgan fingerprint density at radius 3 is 2.70 bits per heavy atom. The number of hydrogen-bond donors (Lipinski definition) is 3. The maximum atomic E-state index is 11.8. The molecule has 0 bridgehead atoms. The first-order valence-corrected chi connectivity index (χ1v) is 7.86. The average molecular weight is 317 g/mol. The first-order chi connectivity index (χ1) is 9.29. The lowest BCUT2D eigenvalue weighted by molar-refractivity contribution is 0.350. The fourth-order valence-electron chi connectivity index (χ4n) is 2.64. The molecule has 2 aromatic rings. The molecule has 0 saturated heterocycles. The van der Waals surface area contributed by atoms with Crippen molar-refractivity contribution in [3.63, 3.8) is 0 Å². The van der Waals surface area contributed by atoms with Crippen LogP contribution < -0.4 is 11.1 Å². The molecule has 1 unspecified atom stereocenters. The molecule has 0 aliphatic carbocycles. The monoisotopic (exact) mass is 316 g/mol. The number of halogens is 1. The Bertz CT molecular complexity index is 881. The van der Waals surface area contributed by atoms with Crippen molar-refractivity contribution in [3.05, 3.63) is 43.4 Å². The Labute approximate surface area is 117 Å². The maximum Gasteiger partial charge on any atom is 0.333 e. The predicted molar refractivity (Wildman–Crippen MR) is 73.2 cm³/mol. The van der Waals surface area contributed by atoms with Gasteiger partial charge in [-0.3, -0.25) is 14.2 Å². The van der Waals surface area contributed by atoms with Gasteiger partial charge in [-0.1, -0.05) is 11.6 Å². The summed E-state index contributed by atoms with van der Waals surface area (Å²) in [5.41, 5.74) is -1.60. The van der Waals surface area contributed by atoms with Gasteiger partial charge in [0.25, 0.3) is 0 Å². The topological polar surface area (TPSA) is 112 Å². The normalized spacial score (nSPS) is 18.4. The third-order valence-electron chi connectivity index (χ3n) is 3.45. The number of aromatic nitrogens is 2. The summed E-state index contributed by atoms with van der Waals surface area (Å²) in [6, 6.07) is 2.89. The number of nitrogens with zero attached hydrogens (tertiary/aromatic N) is 1. The molecule has 3 rings (SSSR count). The molecule has 3 N–H and O–H groups in total. The largest absolute Gasteiger partial charge is 0.333 e. The molecule has 0 radical (unpaired) electrons. The Balaban J connectivity index is 2.50. The van der Waals surface area contributed by atoms with Gasteiger partial charge in [0.05, 0.1) is 16.7 Å². The number of rotatable bonds is 1. The van der Waals surface area contributed by atoms with E-state index in [1.165, 1.54) is 16.7 Å². The maximum absolute atomic E-state index is 11.8. The van der Waals surface area contributed by atoms with Crippen molar-refractivity contribution < 1.29 is 14.4 Å². The molecule has 0 fully saturated rings. The summed E-state index contributed by atoms with van der Waals surface area (Å²) in [5.74, 6) is 0. The molecular formula is C11H10ClN2O5P. The van der Waals surface area contributed by atoms with Crippen LogP contribution in [0, 0.1) is 0 Å². The van der Waals surface area contributed by atoms with E-state index in [4.69, 9.17) is 11.6 Å². The number of aromatic amines is 1. The van der Waals surface area contributed by atoms with Crippen LogP contribution in [0.4, 0.5) is 0 Å². The van der Waals surface area contributed by atoms with Gasteiger partial charge in [-0.2, -0.15) is 0 Å². The SMILES string of the molecule is O=c1[nH]c2cc(Cl)cc3c2n(c1=O)CCC3P(=O)(O)O. The van der Waals surface area contributed by atoms with E-state index in [1.54, 1.807) is 0 Å². The Hall–Kier alpha value is -1.40. The lowest BCUT2D eigenvalue weighted by atomic mass is 10.0. The fourth-order valence-corrected chi connectivity index (χ4v) is 3.88. The van der Waals surface area contributed by atoms with E-state index in [0.29, 0.717) is 16.6 Å². The molecule has 106 valence electrons. The fraction of sp³-hybridized carbons (Fsp3) is 0.273. The second kappa shape index (κ2) is 4.30. The Morgan fingerprint density at radius 2 is 2.05 bits per heavy atom. The van der Waals surface area contributed by atoms with Crippen molar-refractivity contribution in [2.75, 3.05) is 0 Å². The zero-order chi connectivity index (χ0) is 14.7. The number of nitrogens with one attached hydrogen (secondary N) is 1. The van der Waals surface area contributed by atoms with Crippen LogP contribution in [0.15, 0.2) is 21.7 Å². The van der Waals surface area contributed by atoms with Gasteiger partial charge in [0.2, 0.25) is 0 Å². The number of H-pyrrole nitrogens is 1. The van der Waals surface area contributed by atoms with E-state index < -0.39 is 24.4 Å². The van der Waals surface area contributed by atoms with Gasteiger partial charge in [-0.25, -0.2) is 0 Å². The summed E-state index contributed by atoms with van der Waals surface area (Å²) in [5, 5.41) is 0.244. The lowest BCUT2D eigenvalue weighted by Gasteiger charge is -2.27. The molecule has 9 heteroatoms. The number of hydrogen-bond acceptors (Lipinski definition) is 3. The quantitative estimate of drug-likeness (QED) is 0.536. The summed E-state index contributed by atoms with van der Waals surface area (Å²) in [4.78, 5) is 44.7. The van der Waals surface area contributed by atoms with Crippen molar-refractivity contribution in [3.8, 4) is 0 Å². The molecule has 0 amide bonds. The molecular weight excluding hydrogens is 307 g/mol. The van der Waals surface area contributed by atoms with Crippen molar-refractivity contribution >= 4 is 30.2 Å². The van der Waals surface area contributed by atoms with Crippen LogP contribution in [0.5, 0.6) is 0 Å². The minimum atomic E-state index is -4.37. The van der Waals surface area contributed by atoms with Gasteiger partial charge in [0.15, 0.2) is 0 Å². The van der Waals surface area contributed by atoms with Gasteiger partial charge < -0.3 is 19.3 Å². The van der Waals surface area contributed by atoms with Crippen LogP contribution in [0.1, 0.15) is 17.6 Å². The van der Waals surface area contributed by atoms with Crippen LogP contribution in [-0.4, -0.2) is 19.3 Å². The highest BCUT2D eigenvalue weighted by atomic mass is 35.5. The number of benzene rings is 1. The van der Waals surface area contributed by atoms with E-state index in [2.05, 4.69) is 4.98 Å². The second-order valence-corrected chi connectivity index (χ2v) is 6.93. The van der Waals surface area contributed by atoms with Crippen LogP contribution in [0.3, 0.4) is 0 Å². The average Bonchev–Trinajstić information content (AvgIpc) is 2.33. The van der Waals surface area contributed by atoms with Gasteiger partial charge in [-0.15, -0.1) is 0 Å². The highest BCUT2D eigenvalue weighted by molar-refractivity contribution is 7.52. The van der Waals surface area contributed by atoms with E-state index in [0.717, 1.165) is 0 Å². The summed E-state index contributed by atoms with van der Waals surface area (Å²) < 4.78 is 12.8. The minimum absolute atomic E-state index is 0.0794. The van der Waals surface area contributed by atoms with Gasteiger partial charge in [0.1, 0.15) is 0 Å². The van der Waals surface area contributed by atoms with Crippen LogP contribution in [0.25, 0.3) is 11.0 Å². The zero-order valence-corrected chi connectivity index (χ0v) is 11.7. The van der Waals surface area contributed by atoms with Crippen molar-refractivity contribution in [1.82, 2.24) is 9.55 Å². The van der Waals surface area contributed by atoms with Crippen LogP contribution in [-0.2, 0) is 11.1 Å².